The molecule has 0 unspecified atom stereocenters. The smallest absolute Gasteiger partial charge is 0.0941 e. The van der Waals surface area contributed by atoms with Crippen molar-refractivity contribution in [3.63, 3.8) is 0 Å². The summed E-state index contributed by atoms with van der Waals surface area (Å²) in [6.45, 7) is 6.32. The van der Waals surface area contributed by atoms with Gasteiger partial charge in [-0.1, -0.05) is 0 Å². The van der Waals surface area contributed by atoms with E-state index in [1.807, 2.05) is 0 Å². The Morgan fingerprint density at radius 3 is 2.89 bits per heavy atom. The van der Waals surface area contributed by atoms with Gasteiger partial charge >= 0.3 is 0 Å². The second-order valence-electron chi connectivity index (χ2n) is 4.61. The molecule has 0 aromatic carbocycles. The molecule has 1 aromatic heterocycles. The predicted octanol–water partition coefficient (Wildman–Crippen LogP) is 2.93. The van der Waals surface area contributed by atoms with Gasteiger partial charge in [-0.2, -0.15) is 0 Å². The lowest BCUT2D eigenvalue weighted by molar-refractivity contribution is 0.0145. The maximum absolute atomic E-state index is 5.75. The Labute approximate surface area is 118 Å². The number of aromatic nitrogens is 1. The molecule has 0 radical (unpaired) electrons. The average Bonchev–Trinajstić information content (AvgIpc) is 2.86. The summed E-state index contributed by atoms with van der Waals surface area (Å²) in [7, 11) is 0. The van der Waals surface area contributed by atoms with Crippen molar-refractivity contribution in [2.75, 3.05) is 26.2 Å². The van der Waals surface area contributed by atoms with E-state index in [4.69, 9.17) is 16.3 Å². The summed E-state index contributed by atoms with van der Waals surface area (Å²) in [5.41, 5.74) is 1.01. The maximum Gasteiger partial charge on any atom is 0.0941 e. The molecule has 102 valence electrons. The Bertz CT molecular complexity index is 351. The third-order valence-electron chi connectivity index (χ3n) is 3.32. The van der Waals surface area contributed by atoms with Crippen LogP contribution in [0.5, 0.6) is 0 Å². The Morgan fingerprint density at radius 1 is 1.50 bits per heavy atom. The van der Waals surface area contributed by atoms with E-state index in [1.165, 1.54) is 17.8 Å². The molecule has 2 heterocycles. The molecule has 0 bridgehead atoms. The number of nitrogens with zero attached hydrogens (tertiary/aromatic N) is 2. The van der Waals surface area contributed by atoms with Crippen molar-refractivity contribution < 1.29 is 4.74 Å². The molecule has 0 amide bonds. The van der Waals surface area contributed by atoms with Crippen molar-refractivity contribution in [1.82, 2.24) is 9.88 Å². The highest BCUT2D eigenvalue weighted by Crippen LogP contribution is 2.16. The predicted molar refractivity (Wildman–Crippen MR) is 76.5 cm³/mol. The fraction of sp³-hybridized carbons (Fsp3) is 0.769. The molecule has 2 rings (SSSR count). The van der Waals surface area contributed by atoms with Gasteiger partial charge < -0.3 is 9.64 Å². The van der Waals surface area contributed by atoms with E-state index in [2.05, 4.69) is 22.2 Å². The number of thiazole rings is 1. The fourth-order valence-corrected chi connectivity index (χ4v) is 3.33. The molecule has 1 aromatic rings. The van der Waals surface area contributed by atoms with Gasteiger partial charge in [0.05, 0.1) is 22.7 Å². The summed E-state index contributed by atoms with van der Waals surface area (Å²) in [5.74, 6) is 0.524. The van der Waals surface area contributed by atoms with Crippen LogP contribution in [0.25, 0.3) is 0 Å². The molecule has 0 spiro atoms. The summed E-state index contributed by atoms with van der Waals surface area (Å²) < 4.78 is 5.66. The van der Waals surface area contributed by atoms with Crippen molar-refractivity contribution in [1.29, 1.82) is 0 Å². The minimum atomic E-state index is 0.481. The number of ether oxygens (including phenoxy) is 1. The summed E-state index contributed by atoms with van der Waals surface area (Å²) >= 11 is 7.48. The van der Waals surface area contributed by atoms with Crippen molar-refractivity contribution in [3.8, 4) is 0 Å². The van der Waals surface area contributed by atoms with Gasteiger partial charge in [0.2, 0.25) is 0 Å². The number of likely N-dealkylation sites (tertiary alicyclic amines) is 1. The van der Waals surface area contributed by atoms with Gasteiger partial charge in [-0.3, -0.25) is 0 Å². The van der Waals surface area contributed by atoms with Crippen LogP contribution in [0, 0.1) is 0 Å². The highest BCUT2D eigenvalue weighted by atomic mass is 35.5. The van der Waals surface area contributed by atoms with E-state index in [9.17, 15) is 0 Å². The molecule has 3 nitrogen and oxygen atoms in total. The quantitative estimate of drug-likeness (QED) is 0.753. The van der Waals surface area contributed by atoms with Crippen molar-refractivity contribution in [2.24, 2.45) is 0 Å². The van der Waals surface area contributed by atoms with Crippen molar-refractivity contribution in [2.45, 2.75) is 38.2 Å². The lowest BCUT2D eigenvalue weighted by atomic mass is 10.1. The topological polar surface area (TPSA) is 25.4 Å². The highest BCUT2D eigenvalue weighted by molar-refractivity contribution is 7.09. The fourth-order valence-electron chi connectivity index (χ4n) is 2.31. The molecule has 1 fully saturated rings. The molecule has 18 heavy (non-hydrogen) atoms. The largest absolute Gasteiger partial charge is 0.378 e. The second kappa shape index (κ2) is 7.43. The van der Waals surface area contributed by atoms with Crippen LogP contribution in [-0.4, -0.2) is 42.2 Å². The Morgan fingerprint density at radius 2 is 2.28 bits per heavy atom. The first kappa shape index (κ1) is 14.3. The standard InChI is InChI=1S/C13H21ClN2OS/c1-2-17-12-3-6-16(7-4-12)8-5-13-15-11(9-14)10-18-13/h10,12H,2-9H2,1H3. The van der Waals surface area contributed by atoms with E-state index in [0.717, 1.165) is 38.4 Å². The zero-order valence-corrected chi connectivity index (χ0v) is 12.5. The highest BCUT2D eigenvalue weighted by Gasteiger charge is 2.19. The Balaban J connectivity index is 1.68. The van der Waals surface area contributed by atoms with Gasteiger partial charge in [-0.25, -0.2) is 4.98 Å². The molecular weight excluding hydrogens is 268 g/mol. The van der Waals surface area contributed by atoms with Gasteiger partial charge in [-0.15, -0.1) is 22.9 Å². The molecule has 0 saturated carbocycles. The summed E-state index contributed by atoms with van der Waals surface area (Å²) in [6.07, 6.45) is 3.85. The average molecular weight is 289 g/mol. The lowest BCUT2D eigenvalue weighted by Gasteiger charge is -2.31. The number of piperidine rings is 1. The number of hydrogen-bond donors (Lipinski definition) is 0. The van der Waals surface area contributed by atoms with Crippen LogP contribution < -0.4 is 0 Å². The van der Waals surface area contributed by atoms with Gasteiger partial charge in [0, 0.05) is 38.0 Å². The van der Waals surface area contributed by atoms with Crippen LogP contribution in [0.2, 0.25) is 0 Å². The zero-order valence-electron chi connectivity index (χ0n) is 10.9. The van der Waals surface area contributed by atoms with Crippen LogP contribution in [0.3, 0.4) is 0 Å². The first-order chi connectivity index (χ1) is 8.81. The van der Waals surface area contributed by atoms with E-state index in [-0.39, 0.29) is 0 Å². The van der Waals surface area contributed by atoms with Gasteiger partial charge in [0.25, 0.3) is 0 Å². The number of hydrogen-bond acceptors (Lipinski definition) is 4. The number of alkyl halides is 1. The minimum absolute atomic E-state index is 0.481. The first-order valence-corrected chi connectivity index (χ1v) is 8.06. The normalized spacial score (nSPS) is 18.3. The summed E-state index contributed by atoms with van der Waals surface area (Å²) in [6, 6.07) is 0. The molecule has 5 heteroatoms. The monoisotopic (exact) mass is 288 g/mol. The Kier molecular flexibility index (Phi) is 5.89. The van der Waals surface area contributed by atoms with Gasteiger partial charge in [0.15, 0.2) is 0 Å². The van der Waals surface area contributed by atoms with Crippen molar-refractivity contribution >= 4 is 22.9 Å². The zero-order chi connectivity index (χ0) is 12.8. The lowest BCUT2D eigenvalue weighted by Crippen LogP contribution is -2.38. The molecule has 1 aliphatic heterocycles. The van der Waals surface area contributed by atoms with E-state index in [0.29, 0.717) is 12.0 Å². The van der Waals surface area contributed by atoms with Crippen molar-refractivity contribution in [3.05, 3.63) is 16.1 Å². The molecule has 1 aliphatic rings. The van der Waals surface area contributed by atoms with E-state index in [1.54, 1.807) is 11.3 Å². The molecule has 1 saturated heterocycles. The Hall–Kier alpha value is -0.160. The number of rotatable bonds is 6. The van der Waals surface area contributed by atoms with Crippen LogP contribution in [0.4, 0.5) is 0 Å². The molecule has 0 aliphatic carbocycles. The van der Waals surface area contributed by atoms with Gasteiger partial charge in [-0.05, 0) is 19.8 Å². The number of halogens is 1. The molecule has 0 atom stereocenters. The molecular formula is C13H21ClN2OS. The van der Waals surface area contributed by atoms with E-state index < -0.39 is 0 Å². The second-order valence-corrected chi connectivity index (χ2v) is 5.82. The summed E-state index contributed by atoms with van der Waals surface area (Å²) in [4.78, 5) is 7.00. The summed E-state index contributed by atoms with van der Waals surface area (Å²) in [5, 5.41) is 3.27. The minimum Gasteiger partial charge on any atom is -0.378 e. The van der Waals surface area contributed by atoms with E-state index >= 15 is 0 Å². The van der Waals surface area contributed by atoms with Crippen LogP contribution in [-0.2, 0) is 17.0 Å². The maximum atomic E-state index is 5.75. The van der Waals surface area contributed by atoms with Crippen LogP contribution in [0.1, 0.15) is 30.5 Å². The first-order valence-electron chi connectivity index (χ1n) is 6.65. The SMILES string of the molecule is CCOC1CCN(CCc2nc(CCl)cs2)CC1. The third-order valence-corrected chi connectivity index (χ3v) is 4.55. The molecule has 0 N–H and O–H groups in total. The van der Waals surface area contributed by atoms with Crippen LogP contribution >= 0.6 is 22.9 Å². The third kappa shape index (κ3) is 4.19. The van der Waals surface area contributed by atoms with Gasteiger partial charge in [0.1, 0.15) is 0 Å². The van der Waals surface area contributed by atoms with Crippen LogP contribution in [0.15, 0.2) is 5.38 Å².